The predicted molar refractivity (Wildman–Crippen MR) is 81.6 cm³/mol. The predicted octanol–water partition coefficient (Wildman–Crippen LogP) is 3.96. The number of carbonyl (C=O) groups excluding carboxylic acids is 1. The molecule has 2 rings (SSSR count). The number of anilines is 2. The lowest BCUT2D eigenvalue weighted by Gasteiger charge is -2.11. The standard InChI is InChI=1S/C16H18N2O2/c1-11-8-9-13(10-12(11)2)17-16(19)18-14-6-4-5-7-15(14)20-3/h4-10H,1-3H3,(H2,17,18,19). The topological polar surface area (TPSA) is 50.4 Å². The van der Waals surface area contributed by atoms with Crippen LogP contribution in [0, 0.1) is 13.8 Å². The van der Waals surface area contributed by atoms with Crippen LogP contribution in [0.4, 0.5) is 16.2 Å². The SMILES string of the molecule is COc1ccccc1NC(=O)Nc1ccc(C)c(C)c1. The number of carbonyl (C=O) groups is 1. The summed E-state index contributed by atoms with van der Waals surface area (Å²) < 4.78 is 5.19. The highest BCUT2D eigenvalue weighted by atomic mass is 16.5. The van der Waals surface area contributed by atoms with E-state index in [1.165, 1.54) is 5.56 Å². The van der Waals surface area contributed by atoms with Gasteiger partial charge in [0.2, 0.25) is 0 Å². The Kier molecular flexibility index (Phi) is 4.25. The van der Waals surface area contributed by atoms with Crippen LogP contribution >= 0.6 is 0 Å². The zero-order valence-electron chi connectivity index (χ0n) is 11.9. The lowest BCUT2D eigenvalue weighted by atomic mass is 10.1. The molecule has 2 aromatic rings. The van der Waals surface area contributed by atoms with E-state index in [2.05, 4.69) is 10.6 Å². The van der Waals surface area contributed by atoms with Gasteiger partial charge in [-0.15, -0.1) is 0 Å². The Morgan fingerprint density at radius 1 is 1.00 bits per heavy atom. The molecule has 4 heteroatoms. The number of para-hydroxylation sites is 2. The first-order chi connectivity index (χ1) is 9.60. The summed E-state index contributed by atoms with van der Waals surface area (Å²) in [5.41, 5.74) is 3.73. The van der Waals surface area contributed by atoms with Crippen LogP contribution in [0.2, 0.25) is 0 Å². The maximum atomic E-state index is 12.0. The fraction of sp³-hybridized carbons (Fsp3) is 0.188. The van der Waals surface area contributed by atoms with Crippen molar-refractivity contribution in [2.24, 2.45) is 0 Å². The number of ether oxygens (including phenoxy) is 1. The molecule has 0 radical (unpaired) electrons. The molecular formula is C16H18N2O2. The van der Waals surface area contributed by atoms with Crippen molar-refractivity contribution in [2.75, 3.05) is 17.7 Å². The number of hydrogen-bond acceptors (Lipinski definition) is 2. The second-order valence-corrected chi connectivity index (χ2v) is 4.58. The van der Waals surface area contributed by atoms with Crippen LogP contribution in [0.25, 0.3) is 0 Å². The van der Waals surface area contributed by atoms with Gasteiger partial charge >= 0.3 is 6.03 Å². The van der Waals surface area contributed by atoms with Crippen molar-refractivity contribution in [3.8, 4) is 5.75 Å². The van der Waals surface area contributed by atoms with Crippen molar-refractivity contribution < 1.29 is 9.53 Å². The molecule has 2 amide bonds. The molecular weight excluding hydrogens is 252 g/mol. The number of benzene rings is 2. The lowest BCUT2D eigenvalue weighted by Crippen LogP contribution is -2.19. The number of amides is 2. The molecule has 0 atom stereocenters. The molecule has 4 nitrogen and oxygen atoms in total. The zero-order chi connectivity index (χ0) is 14.5. The molecule has 0 spiro atoms. The molecule has 0 aromatic heterocycles. The van der Waals surface area contributed by atoms with Gasteiger partial charge in [-0.3, -0.25) is 0 Å². The average Bonchev–Trinajstić information content (AvgIpc) is 2.43. The summed E-state index contributed by atoms with van der Waals surface area (Å²) in [6, 6.07) is 12.8. The van der Waals surface area contributed by atoms with E-state index in [0.717, 1.165) is 11.3 Å². The highest BCUT2D eigenvalue weighted by molar-refractivity contribution is 6.00. The second kappa shape index (κ2) is 6.10. The summed E-state index contributed by atoms with van der Waals surface area (Å²) in [4.78, 5) is 12.0. The molecule has 2 aromatic carbocycles. The van der Waals surface area contributed by atoms with Crippen molar-refractivity contribution in [2.45, 2.75) is 13.8 Å². The molecule has 0 aliphatic carbocycles. The molecule has 0 fully saturated rings. The summed E-state index contributed by atoms with van der Waals surface area (Å²) >= 11 is 0. The molecule has 0 bridgehead atoms. The van der Waals surface area contributed by atoms with Gasteiger partial charge in [0.05, 0.1) is 12.8 Å². The highest BCUT2D eigenvalue weighted by Gasteiger charge is 2.07. The Morgan fingerprint density at radius 3 is 2.45 bits per heavy atom. The van der Waals surface area contributed by atoms with E-state index in [-0.39, 0.29) is 6.03 Å². The highest BCUT2D eigenvalue weighted by Crippen LogP contribution is 2.23. The van der Waals surface area contributed by atoms with Gasteiger partial charge in [0.15, 0.2) is 0 Å². The molecule has 0 aliphatic rings. The third-order valence-electron chi connectivity index (χ3n) is 3.12. The first-order valence-corrected chi connectivity index (χ1v) is 6.38. The molecule has 20 heavy (non-hydrogen) atoms. The molecule has 0 aliphatic heterocycles. The van der Waals surface area contributed by atoms with Gasteiger partial charge in [0.25, 0.3) is 0 Å². The first-order valence-electron chi connectivity index (χ1n) is 6.38. The summed E-state index contributed by atoms with van der Waals surface area (Å²) in [5, 5.41) is 5.57. The van der Waals surface area contributed by atoms with Gasteiger partial charge in [-0.2, -0.15) is 0 Å². The minimum Gasteiger partial charge on any atom is -0.495 e. The number of nitrogens with one attached hydrogen (secondary N) is 2. The van der Waals surface area contributed by atoms with E-state index in [4.69, 9.17) is 4.74 Å². The van der Waals surface area contributed by atoms with Crippen LogP contribution in [0.15, 0.2) is 42.5 Å². The minimum atomic E-state index is -0.294. The summed E-state index contributed by atoms with van der Waals surface area (Å²) in [6.07, 6.45) is 0. The molecule has 0 heterocycles. The minimum absolute atomic E-state index is 0.294. The van der Waals surface area contributed by atoms with E-state index in [1.807, 2.05) is 44.2 Å². The third-order valence-corrected chi connectivity index (χ3v) is 3.12. The van der Waals surface area contributed by atoms with E-state index in [0.29, 0.717) is 11.4 Å². The Labute approximate surface area is 118 Å². The molecule has 0 saturated carbocycles. The Balaban J connectivity index is 2.07. The summed E-state index contributed by atoms with van der Waals surface area (Å²) in [5.74, 6) is 0.628. The summed E-state index contributed by atoms with van der Waals surface area (Å²) in [7, 11) is 1.57. The van der Waals surface area contributed by atoms with Gasteiger partial charge in [0.1, 0.15) is 5.75 Å². The lowest BCUT2D eigenvalue weighted by molar-refractivity contribution is 0.262. The Morgan fingerprint density at radius 2 is 1.75 bits per heavy atom. The van der Waals surface area contributed by atoms with Crippen molar-refractivity contribution in [3.05, 3.63) is 53.6 Å². The maximum Gasteiger partial charge on any atom is 0.323 e. The largest absolute Gasteiger partial charge is 0.495 e. The van der Waals surface area contributed by atoms with Gasteiger partial charge in [-0.05, 0) is 49.2 Å². The normalized spacial score (nSPS) is 9.95. The quantitative estimate of drug-likeness (QED) is 0.887. The Bertz CT molecular complexity index is 624. The van der Waals surface area contributed by atoms with Crippen LogP contribution in [-0.2, 0) is 0 Å². The molecule has 0 saturated heterocycles. The number of methoxy groups -OCH3 is 1. The number of urea groups is 1. The van der Waals surface area contributed by atoms with Crippen LogP contribution in [0.1, 0.15) is 11.1 Å². The van der Waals surface area contributed by atoms with E-state index < -0.39 is 0 Å². The molecule has 104 valence electrons. The van der Waals surface area contributed by atoms with E-state index in [1.54, 1.807) is 19.2 Å². The van der Waals surface area contributed by atoms with E-state index >= 15 is 0 Å². The number of hydrogen-bond donors (Lipinski definition) is 2. The van der Waals surface area contributed by atoms with Crippen molar-refractivity contribution in [1.82, 2.24) is 0 Å². The van der Waals surface area contributed by atoms with E-state index in [9.17, 15) is 4.79 Å². The van der Waals surface area contributed by atoms with Crippen LogP contribution in [-0.4, -0.2) is 13.1 Å². The van der Waals surface area contributed by atoms with Gasteiger partial charge in [0, 0.05) is 5.69 Å². The first kappa shape index (κ1) is 13.9. The smallest absolute Gasteiger partial charge is 0.323 e. The van der Waals surface area contributed by atoms with Crippen LogP contribution < -0.4 is 15.4 Å². The average molecular weight is 270 g/mol. The van der Waals surface area contributed by atoms with Gasteiger partial charge in [-0.1, -0.05) is 18.2 Å². The number of rotatable bonds is 3. The molecule has 0 unspecified atom stereocenters. The second-order valence-electron chi connectivity index (χ2n) is 4.58. The van der Waals surface area contributed by atoms with Crippen molar-refractivity contribution in [1.29, 1.82) is 0 Å². The Hall–Kier alpha value is -2.49. The van der Waals surface area contributed by atoms with Crippen LogP contribution in [0.3, 0.4) is 0 Å². The summed E-state index contributed by atoms with van der Waals surface area (Å²) in [6.45, 7) is 4.05. The fourth-order valence-electron chi connectivity index (χ4n) is 1.85. The monoisotopic (exact) mass is 270 g/mol. The van der Waals surface area contributed by atoms with Gasteiger partial charge in [-0.25, -0.2) is 4.79 Å². The fourth-order valence-corrected chi connectivity index (χ4v) is 1.85. The third kappa shape index (κ3) is 3.29. The zero-order valence-corrected chi connectivity index (χ0v) is 11.9. The van der Waals surface area contributed by atoms with Crippen molar-refractivity contribution in [3.63, 3.8) is 0 Å². The van der Waals surface area contributed by atoms with Gasteiger partial charge < -0.3 is 15.4 Å². The van der Waals surface area contributed by atoms with Crippen molar-refractivity contribution >= 4 is 17.4 Å². The van der Waals surface area contributed by atoms with Crippen LogP contribution in [0.5, 0.6) is 5.75 Å². The molecule has 2 N–H and O–H groups in total. The number of aryl methyl sites for hydroxylation is 2. The maximum absolute atomic E-state index is 12.0.